The lowest BCUT2D eigenvalue weighted by Gasteiger charge is -2.11. The molecule has 1 rings (SSSR count). The predicted molar refractivity (Wildman–Crippen MR) is 56.1 cm³/mol. The van der Waals surface area contributed by atoms with Crippen LogP contribution in [-0.4, -0.2) is 27.3 Å². The third-order valence-electron chi connectivity index (χ3n) is 1.58. The maximum absolute atomic E-state index is 8.79. The van der Waals surface area contributed by atoms with E-state index in [0.717, 1.165) is 9.65 Å². The van der Waals surface area contributed by atoms with Crippen LogP contribution in [0.2, 0.25) is 0 Å². The first-order valence-electron chi connectivity index (χ1n) is 3.69. The fourth-order valence-electron chi connectivity index (χ4n) is 0.789. The van der Waals surface area contributed by atoms with Gasteiger partial charge in [-0.15, -0.1) is 0 Å². The van der Waals surface area contributed by atoms with E-state index < -0.39 is 0 Å². The first-order valence-corrected chi connectivity index (χ1v) is 4.77. The Morgan fingerprint density at radius 1 is 1.83 bits per heavy atom. The molecule has 0 bridgehead atoms. The van der Waals surface area contributed by atoms with Crippen LogP contribution in [0.15, 0.2) is 6.20 Å². The molecule has 1 atom stereocenters. The number of imidazole rings is 1. The molecule has 12 heavy (non-hydrogen) atoms. The van der Waals surface area contributed by atoms with E-state index in [-0.39, 0.29) is 12.6 Å². The van der Waals surface area contributed by atoms with Gasteiger partial charge in [-0.1, -0.05) is 0 Å². The van der Waals surface area contributed by atoms with Gasteiger partial charge < -0.3 is 15.0 Å². The van der Waals surface area contributed by atoms with Gasteiger partial charge in [0.1, 0.15) is 3.70 Å². The number of aliphatic hydroxyl groups is 1. The van der Waals surface area contributed by atoms with Crippen LogP contribution in [0.3, 0.4) is 0 Å². The molecule has 1 unspecified atom stereocenters. The Bertz CT molecular complexity index is 261. The Labute approximate surface area is 85.1 Å². The standard InChI is InChI=1S/C7H12IN3O/c1-5(4-12)10-7-9-3-6(8)11(7)2/h3,5,12H,4H2,1-2H3,(H,9,10). The van der Waals surface area contributed by atoms with Gasteiger partial charge in [0.2, 0.25) is 5.95 Å². The second-order valence-corrected chi connectivity index (χ2v) is 3.80. The topological polar surface area (TPSA) is 50.1 Å². The normalized spacial score (nSPS) is 13.0. The molecule has 68 valence electrons. The minimum Gasteiger partial charge on any atom is -0.394 e. The first-order chi connectivity index (χ1) is 5.65. The summed E-state index contributed by atoms with van der Waals surface area (Å²) in [5.74, 6) is 0.793. The lowest BCUT2D eigenvalue weighted by atomic mass is 10.4. The monoisotopic (exact) mass is 281 g/mol. The van der Waals surface area contributed by atoms with Crippen molar-refractivity contribution >= 4 is 28.5 Å². The molecule has 1 aromatic rings. The Balaban J connectivity index is 2.69. The predicted octanol–water partition coefficient (Wildman–Crippen LogP) is 0.817. The third-order valence-corrected chi connectivity index (χ3v) is 2.58. The van der Waals surface area contributed by atoms with Gasteiger partial charge in [0.15, 0.2) is 0 Å². The van der Waals surface area contributed by atoms with Crippen molar-refractivity contribution < 1.29 is 5.11 Å². The summed E-state index contributed by atoms with van der Waals surface area (Å²) in [5, 5.41) is 11.9. The van der Waals surface area contributed by atoms with Gasteiger partial charge in [-0.2, -0.15) is 0 Å². The average molecular weight is 281 g/mol. The van der Waals surface area contributed by atoms with Gasteiger partial charge >= 0.3 is 0 Å². The summed E-state index contributed by atoms with van der Waals surface area (Å²) in [4.78, 5) is 4.14. The lowest BCUT2D eigenvalue weighted by Crippen LogP contribution is -2.21. The van der Waals surface area contributed by atoms with E-state index in [0.29, 0.717) is 0 Å². The molecule has 0 saturated carbocycles. The van der Waals surface area contributed by atoms with E-state index in [1.165, 1.54) is 0 Å². The second kappa shape index (κ2) is 4.08. The quantitative estimate of drug-likeness (QED) is 0.806. The smallest absolute Gasteiger partial charge is 0.203 e. The Hall–Kier alpha value is -0.300. The summed E-state index contributed by atoms with van der Waals surface area (Å²) in [6.45, 7) is 2.02. The van der Waals surface area contributed by atoms with Crippen molar-refractivity contribution in [3.8, 4) is 0 Å². The van der Waals surface area contributed by atoms with Crippen molar-refractivity contribution in [3.63, 3.8) is 0 Å². The number of aromatic nitrogens is 2. The van der Waals surface area contributed by atoms with Crippen LogP contribution in [0.1, 0.15) is 6.92 Å². The van der Waals surface area contributed by atoms with Crippen LogP contribution in [0, 0.1) is 3.70 Å². The number of aliphatic hydroxyl groups excluding tert-OH is 1. The number of nitrogens with one attached hydrogen (secondary N) is 1. The van der Waals surface area contributed by atoms with Crippen LogP contribution < -0.4 is 5.32 Å². The molecule has 0 radical (unpaired) electrons. The Kier molecular flexibility index (Phi) is 3.33. The van der Waals surface area contributed by atoms with E-state index in [1.807, 2.05) is 18.5 Å². The molecular weight excluding hydrogens is 269 g/mol. The lowest BCUT2D eigenvalue weighted by molar-refractivity contribution is 0.281. The van der Waals surface area contributed by atoms with Crippen LogP contribution in [0.25, 0.3) is 0 Å². The zero-order chi connectivity index (χ0) is 9.14. The van der Waals surface area contributed by atoms with Gasteiger partial charge in [0.25, 0.3) is 0 Å². The summed E-state index contributed by atoms with van der Waals surface area (Å²) in [6.07, 6.45) is 1.78. The summed E-state index contributed by atoms with van der Waals surface area (Å²) < 4.78 is 3.01. The number of halogens is 1. The minimum absolute atomic E-state index is 0.0434. The van der Waals surface area contributed by atoms with E-state index >= 15 is 0 Å². The van der Waals surface area contributed by atoms with Crippen molar-refractivity contribution in [2.45, 2.75) is 13.0 Å². The fourth-order valence-corrected chi connectivity index (χ4v) is 1.16. The molecule has 4 nitrogen and oxygen atoms in total. The molecule has 0 aliphatic rings. The number of hydrogen-bond donors (Lipinski definition) is 2. The van der Waals surface area contributed by atoms with Crippen LogP contribution in [-0.2, 0) is 7.05 Å². The zero-order valence-electron chi connectivity index (χ0n) is 7.08. The summed E-state index contributed by atoms with van der Waals surface area (Å²) >= 11 is 2.20. The van der Waals surface area contributed by atoms with E-state index in [2.05, 4.69) is 32.9 Å². The Morgan fingerprint density at radius 2 is 2.50 bits per heavy atom. The SMILES string of the molecule is CC(CO)Nc1ncc(I)n1C. The maximum Gasteiger partial charge on any atom is 0.203 e. The van der Waals surface area contributed by atoms with Crippen molar-refractivity contribution in [1.29, 1.82) is 0 Å². The van der Waals surface area contributed by atoms with Crippen molar-refractivity contribution in [3.05, 3.63) is 9.90 Å². The molecule has 0 aliphatic carbocycles. The number of hydrogen-bond acceptors (Lipinski definition) is 3. The van der Waals surface area contributed by atoms with E-state index in [9.17, 15) is 0 Å². The summed E-state index contributed by atoms with van der Waals surface area (Å²) in [7, 11) is 1.93. The molecular formula is C7H12IN3O. The molecule has 5 heteroatoms. The number of rotatable bonds is 3. The molecule has 0 aromatic carbocycles. The average Bonchev–Trinajstić information content (AvgIpc) is 2.36. The third kappa shape index (κ3) is 2.10. The van der Waals surface area contributed by atoms with E-state index in [4.69, 9.17) is 5.11 Å². The molecule has 0 fully saturated rings. The van der Waals surface area contributed by atoms with Crippen LogP contribution in [0.5, 0.6) is 0 Å². The maximum atomic E-state index is 8.79. The summed E-state index contributed by atoms with van der Waals surface area (Å²) in [5.41, 5.74) is 0. The molecule has 0 amide bonds. The van der Waals surface area contributed by atoms with Gasteiger partial charge in [-0.3, -0.25) is 0 Å². The molecule has 0 aliphatic heterocycles. The largest absolute Gasteiger partial charge is 0.394 e. The fraction of sp³-hybridized carbons (Fsp3) is 0.571. The Morgan fingerprint density at radius 3 is 2.92 bits per heavy atom. The highest BCUT2D eigenvalue weighted by atomic mass is 127. The van der Waals surface area contributed by atoms with Crippen LogP contribution in [0.4, 0.5) is 5.95 Å². The highest BCUT2D eigenvalue weighted by Crippen LogP contribution is 2.10. The molecule has 1 heterocycles. The number of nitrogens with zero attached hydrogens (tertiary/aromatic N) is 2. The minimum atomic E-state index is 0.0434. The van der Waals surface area contributed by atoms with Gasteiger partial charge in [0.05, 0.1) is 12.8 Å². The highest BCUT2D eigenvalue weighted by molar-refractivity contribution is 14.1. The van der Waals surface area contributed by atoms with E-state index in [1.54, 1.807) is 6.20 Å². The van der Waals surface area contributed by atoms with Crippen molar-refractivity contribution in [2.75, 3.05) is 11.9 Å². The van der Waals surface area contributed by atoms with Crippen molar-refractivity contribution in [1.82, 2.24) is 9.55 Å². The zero-order valence-corrected chi connectivity index (χ0v) is 9.24. The molecule has 1 aromatic heterocycles. The molecule has 0 saturated heterocycles. The highest BCUT2D eigenvalue weighted by Gasteiger charge is 2.05. The van der Waals surface area contributed by atoms with Gasteiger partial charge in [-0.05, 0) is 29.5 Å². The van der Waals surface area contributed by atoms with Gasteiger partial charge in [-0.25, -0.2) is 4.98 Å². The van der Waals surface area contributed by atoms with Crippen molar-refractivity contribution in [2.24, 2.45) is 7.05 Å². The first kappa shape index (κ1) is 9.79. The second-order valence-electron chi connectivity index (χ2n) is 2.69. The number of anilines is 1. The van der Waals surface area contributed by atoms with Gasteiger partial charge in [0, 0.05) is 13.1 Å². The molecule has 2 N–H and O–H groups in total. The van der Waals surface area contributed by atoms with Crippen LogP contribution >= 0.6 is 22.6 Å². The molecule has 0 spiro atoms. The summed E-state index contributed by atoms with van der Waals surface area (Å²) in [6, 6.07) is 0.0434.